The average Bonchev–Trinajstić information content (AvgIpc) is 3.08. The molecule has 3 heterocycles. The van der Waals surface area contributed by atoms with Crippen molar-refractivity contribution < 1.29 is 0 Å². The van der Waals surface area contributed by atoms with Gasteiger partial charge in [0.05, 0.1) is 12.2 Å². The van der Waals surface area contributed by atoms with E-state index in [1.807, 2.05) is 6.20 Å². The predicted molar refractivity (Wildman–Crippen MR) is 86.8 cm³/mol. The van der Waals surface area contributed by atoms with Gasteiger partial charge in [0.25, 0.3) is 0 Å². The van der Waals surface area contributed by atoms with Gasteiger partial charge in [0.15, 0.2) is 5.13 Å². The molecule has 2 aromatic rings. The molecule has 0 saturated carbocycles. The summed E-state index contributed by atoms with van der Waals surface area (Å²) in [6, 6.07) is 0.495. The van der Waals surface area contributed by atoms with Gasteiger partial charge in [-0.05, 0) is 20.8 Å². The molecule has 6 heteroatoms. The molecule has 1 saturated heterocycles. The summed E-state index contributed by atoms with van der Waals surface area (Å²) in [6.07, 6.45) is 3.96. The maximum atomic E-state index is 4.62. The molecule has 21 heavy (non-hydrogen) atoms. The van der Waals surface area contributed by atoms with Gasteiger partial charge in [-0.15, -0.1) is 11.3 Å². The first kappa shape index (κ1) is 14.5. The first-order chi connectivity index (χ1) is 10.2. The van der Waals surface area contributed by atoms with Crippen LogP contribution in [0.25, 0.3) is 0 Å². The van der Waals surface area contributed by atoms with Crippen LogP contribution in [-0.4, -0.2) is 45.1 Å². The topological polar surface area (TPSA) is 37.2 Å². The molecule has 1 atom stereocenters. The van der Waals surface area contributed by atoms with Gasteiger partial charge in [0.2, 0.25) is 0 Å². The van der Waals surface area contributed by atoms with Crippen molar-refractivity contribution in [3.05, 3.63) is 29.3 Å². The van der Waals surface area contributed by atoms with Crippen molar-refractivity contribution in [2.75, 3.05) is 24.5 Å². The second-order valence-corrected chi connectivity index (χ2v) is 6.52. The monoisotopic (exact) mass is 305 g/mol. The smallest absolute Gasteiger partial charge is 0.185 e. The van der Waals surface area contributed by atoms with Crippen LogP contribution in [-0.2, 0) is 13.1 Å². The summed E-state index contributed by atoms with van der Waals surface area (Å²) in [6.45, 7) is 11.6. The SMILES string of the molecule is CCn1ccnc1CN1CCN(c2nc(C)cs2)[C@@H](C)C1. The molecule has 1 fully saturated rings. The number of aromatic nitrogens is 3. The predicted octanol–water partition coefficient (Wildman–Crippen LogP) is 2.38. The third-order valence-electron chi connectivity index (χ3n) is 4.07. The molecule has 2 aromatic heterocycles. The van der Waals surface area contributed by atoms with Gasteiger partial charge in [-0.2, -0.15) is 0 Å². The summed E-state index contributed by atoms with van der Waals surface area (Å²) in [4.78, 5) is 14.0. The zero-order chi connectivity index (χ0) is 14.8. The van der Waals surface area contributed by atoms with Gasteiger partial charge in [0.1, 0.15) is 5.82 Å². The Hall–Kier alpha value is -1.40. The Morgan fingerprint density at radius 3 is 2.90 bits per heavy atom. The van der Waals surface area contributed by atoms with Gasteiger partial charge < -0.3 is 9.47 Å². The average molecular weight is 305 g/mol. The van der Waals surface area contributed by atoms with Gasteiger partial charge in [-0.1, -0.05) is 0 Å². The largest absolute Gasteiger partial charge is 0.343 e. The highest BCUT2D eigenvalue weighted by atomic mass is 32.1. The van der Waals surface area contributed by atoms with Crippen molar-refractivity contribution in [2.24, 2.45) is 0 Å². The number of nitrogens with zero attached hydrogens (tertiary/aromatic N) is 5. The standard InChI is InChI=1S/C15H23N5S/c1-4-19-6-5-16-14(19)10-18-7-8-20(13(3)9-18)15-17-12(2)11-21-15/h5-6,11,13H,4,7-10H2,1-3H3/t13-/m0/s1. The Kier molecular flexibility index (Phi) is 4.26. The van der Waals surface area contributed by atoms with Crippen LogP contribution >= 0.6 is 11.3 Å². The molecule has 3 rings (SSSR count). The lowest BCUT2D eigenvalue weighted by Gasteiger charge is -2.39. The van der Waals surface area contributed by atoms with E-state index in [1.54, 1.807) is 11.3 Å². The van der Waals surface area contributed by atoms with Crippen LogP contribution in [0.4, 0.5) is 5.13 Å². The lowest BCUT2D eigenvalue weighted by atomic mass is 10.2. The molecular formula is C15H23N5S. The van der Waals surface area contributed by atoms with E-state index in [0.717, 1.165) is 43.5 Å². The summed E-state index contributed by atoms with van der Waals surface area (Å²) in [7, 11) is 0. The van der Waals surface area contributed by atoms with Crippen molar-refractivity contribution in [1.29, 1.82) is 0 Å². The summed E-state index contributed by atoms with van der Waals surface area (Å²) in [5.41, 5.74) is 1.12. The lowest BCUT2D eigenvalue weighted by Crippen LogP contribution is -2.51. The molecule has 0 N–H and O–H groups in total. The second-order valence-electron chi connectivity index (χ2n) is 5.68. The van der Waals surface area contributed by atoms with Crippen molar-refractivity contribution in [1.82, 2.24) is 19.4 Å². The van der Waals surface area contributed by atoms with E-state index < -0.39 is 0 Å². The van der Waals surface area contributed by atoms with Crippen molar-refractivity contribution in [3.8, 4) is 0 Å². The van der Waals surface area contributed by atoms with E-state index in [2.05, 4.69) is 56.7 Å². The molecule has 0 aromatic carbocycles. The maximum absolute atomic E-state index is 4.62. The highest BCUT2D eigenvalue weighted by Crippen LogP contribution is 2.24. The Morgan fingerprint density at radius 1 is 1.38 bits per heavy atom. The minimum Gasteiger partial charge on any atom is -0.343 e. The van der Waals surface area contributed by atoms with E-state index in [9.17, 15) is 0 Å². The number of thiazole rings is 1. The Morgan fingerprint density at radius 2 is 2.24 bits per heavy atom. The number of hydrogen-bond donors (Lipinski definition) is 0. The van der Waals surface area contributed by atoms with Gasteiger partial charge in [-0.25, -0.2) is 9.97 Å². The van der Waals surface area contributed by atoms with E-state index in [-0.39, 0.29) is 0 Å². The summed E-state index contributed by atoms with van der Waals surface area (Å²) < 4.78 is 2.22. The fourth-order valence-corrected chi connectivity index (χ4v) is 3.85. The zero-order valence-corrected chi connectivity index (χ0v) is 13.8. The van der Waals surface area contributed by atoms with E-state index in [0.29, 0.717) is 6.04 Å². The van der Waals surface area contributed by atoms with Crippen LogP contribution in [0.15, 0.2) is 17.8 Å². The molecule has 0 unspecified atom stereocenters. The van der Waals surface area contributed by atoms with Crippen LogP contribution in [0.3, 0.4) is 0 Å². The normalized spacial score (nSPS) is 20.1. The molecule has 1 aliphatic heterocycles. The molecular weight excluding hydrogens is 282 g/mol. The minimum absolute atomic E-state index is 0.495. The summed E-state index contributed by atoms with van der Waals surface area (Å²) in [5, 5.41) is 3.29. The quantitative estimate of drug-likeness (QED) is 0.869. The Labute approximate surface area is 130 Å². The number of piperazine rings is 1. The molecule has 0 bridgehead atoms. The van der Waals surface area contributed by atoms with Gasteiger partial charge in [-0.3, -0.25) is 4.90 Å². The van der Waals surface area contributed by atoms with Gasteiger partial charge >= 0.3 is 0 Å². The van der Waals surface area contributed by atoms with Crippen LogP contribution in [0.1, 0.15) is 25.4 Å². The van der Waals surface area contributed by atoms with Crippen LogP contribution in [0, 0.1) is 6.92 Å². The molecule has 1 aliphatic rings. The zero-order valence-electron chi connectivity index (χ0n) is 13.0. The number of anilines is 1. The fraction of sp³-hybridized carbons (Fsp3) is 0.600. The van der Waals surface area contributed by atoms with Crippen LogP contribution in [0.5, 0.6) is 0 Å². The summed E-state index contributed by atoms with van der Waals surface area (Å²) >= 11 is 1.75. The van der Waals surface area contributed by atoms with Crippen LogP contribution in [0.2, 0.25) is 0 Å². The number of aryl methyl sites for hydroxylation is 2. The van der Waals surface area contributed by atoms with Crippen molar-refractivity contribution in [2.45, 2.75) is 39.9 Å². The highest BCUT2D eigenvalue weighted by Gasteiger charge is 2.26. The molecule has 0 amide bonds. The first-order valence-electron chi connectivity index (χ1n) is 7.58. The summed E-state index contributed by atoms with van der Waals surface area (Å²) in [5.74, 6) is 1.17. The molecule has 114 valence electrons. The Bertz CT molecular complexity index is 590. The highest BCUT2D eigenvalue weighted by molar-refractivity contribution is 7.13. The van der Waals surface area contributed by atoms with Gasteiger partial charge in [0, 0.05) is 50.0 Å². The molecule has 0 aliphatic carbocycles. The van der Waals surface area contributed by atoms with Crippen LogP contribution < -0.4 is 4.90 Å². The van der Waals surface area contributed by atoms with Crippen molar-refractivity contribution in [3.63, 3.8) is 0 Å². The van der Waals surface area contributed by atoms with E-state index in [1.165, 1.54) is 5.82 Å². The molecule has 0 radical (unpaired) electrons. The number of rotatable bonds is 4. The maximum Gasteiger partial charge on any atom is 0.185 e. The number of hydrogen-bond acceptors (Lipinski definition) is 5. The van der Waals surface area contributed by atoms with E-state index >= 15 is 0 Å². The van der Waals surface area contributed by atoms with Crippen molar-refractivity contribution >= 4 is 16.5 Å². The fourth-order valence-electron chi connectivity index (χ4n) is 2.91. The Balaban J connectivity index is 1.63. The minimum atomic E-state index is 0.495. The third-order valence-corrected chi connectivity index (χ3v) is 5.07. The molecule has 0 spiro atoms. The lowest BCUT2D eigenvalue weighted by molar-refractivity contribution is 0.213. The third kappa shape index (κ3) is 3.11. The first-order valence-corrected chi connectivity index (χ1v) is 8.46. The van der Waals surface area contributed by atoms with E-state index in [4.69, 9.17) is 0 Å². The molecule has 5 nitrogen and oxygen atoms in total. The second kappa shape index (κ2) is 6.15. The number of imidazole rings is 1.